The Kier molecular flexibility index (Phi) is 3.00. The molecule has 0 atom stereocenters. The van der Waals surface area contributed by atoms with Crippen LogP contribution in [0.3, 0.4) is 0 Å². The molecule has 0 aliphatic carbocycles. The van der Waals surface area contributed by atoms with E-state index in [2.05, 4.69) is 18.0 Å². The fraction of sp³-hybridized carbons (Fsp3) is 0.214. The molecule has 88 valence electrons. The average Bonchev–Trinajstić information content (AvgIpc) is 2.63. The first-order valence-electron chi connectivity index (χ1n) is 5.58. The van der Waals surface area contributed by atoms with Gasteiger partial charge in [0.05, 0.1) is 0 Å². The normalized spacial score (nSPS) is 10.5. The Labute approximate surface area is 101 Å². The number of carbonyl (C=O) groups excluding carboxylic acids is 1. The van der Waals surface area contributed by atoms with Gasteiger partial charge in [0.25, 0.3) is 5.91 Å². The molecule has 1 amide bonds. The molecule has 3 nitrogen and oxygen atoms in total. The zero-order valence-electron chi connectivity index (χ0n) is 10.2. The first kappa shape index (κ1) is 11.5. The van der Waals surface area contributed by atoms with Gasteiger partial charge in [0.1, 0.15) is 5.69 Å². The first-order chi connectivity index (χ1) is 8.13. The van der Waals surface area contributed by atoms with Gasteiger partial charge in [-0.15, -0.1) is 6.58 Å². The van der Waals surface area contributed by atoms with E-state index in [0.29, 0.717) is 12.2 Å². The van der Waals surface area contributed by atoms with Crippen LogP contribution in [0.15, 0.2) is 36.9 Å². The summed E-state index contributed by atoms with van der Waals surface area (Å²) in [6.07, 6.45) is 1.67. The number of amides is 1. The van der Waals surface area contributed by atoms with Crippen molar-refractivity contribution in [1.29, 1.82) is 0 Å². The predicted molar refractivity (Wildman–Crippen MR) is 70.2 cm³/mol. The number of hydrogen-bond donors (Lipinski definition) is 1. The summed E-state index contributed by atoms with van der Waals surface area (Å²) < 4.78 is 1.91. The third-order valence-electron chi connectivity index (χ3n) is 2.84. The molecule has 0 radical (unpaired) electrons. The van der Waals surface area contributed by atoms with Gasteiger partial charge in [0.15, 0.2) is 0 Å². The molecule has 2 rings (SSSR count). The van der Waals surface area contributed by atoms with Crippen LogP contribution in [-0.4, -0.2) is 17.0 Å². The van der Waals surface area contributed by atoms with Crippen molar-refractivity contribution in [2.24, 2.45) is 7.05 Å². The Bertz CT molecular complexity index is 581. The van der Waals surface area contributed by atoms with Crippen LogP contribution in [-0.2, 0) is 7.05 Å². The number of hydrogen-bond acceptors (Lipinski definition) is 1. The second-order valence-electron chi connectivity index (χ2n) is 4.15. The molecule has 0 spiro atoms. The molecule has 1 aromatic heterocycles. The summed E-state index contributed by atoms with van der Waals surface area (Å²) in [5, 5.41) is 3.88. The maximum Gasteiger partial charge on any atom is 0.268 e. The van der Waals surface area contributed by atoms with Crippen molar-refractivity contribution >= 4 is 16.8 Å². The molecule has 0 aliphatic rings. The highest BCUT2D eigenvalue weighted by Gasteiger charge is 2.12. The van der Waals surface area contributed by atoms with Crippen molar-refractivity contribution in [2.45, 2.75) is 6.92 Å². The number of benzene rings is 1. The first-order valence-corrected chi connectivity index (χ1v) is 5.58. The Morgan fingerprint density at radius 1 is 1.47 bits per heavy atom. The summed E-state index contributed by atoms with van der Waals surface area (Å²) in [6, 6.07) is 8.09. The number of nitrogens with zero attached hydrogens (tertiary/aromatic N) is 1. The van der Waals surface area contributed by atoms with Crippen molar-refractivity contribution in [2.75, 3.05) is 6.54 Å². The Morgan fingerprint density at radius 2 is 2.24 bits per heavy atom. The summed E-state index contributed by atoms with van der Waals surface area (Å²) in [7, 11) is 1.90. The van der Waals surface area contributed by atoms with Gasteiger partial charge in [-0.05, 0) is 25.1 Å². The van der Waals surface area contributed by atoms with Gasteiger partial charge >= 0.3 is 0 Å². The standard InChI is InChI=1S/C14H16N2O/c1-4-7-15-14(17)13-9-11-8-10(2)5-6-12(11)16(13)3/h4-6,8-9H,1,7H2,2-3H3,(H,15,17). The zero-order valence-corrected chi connectivity index (χ0v) is 10.2. The molecule has 17 heavy (non-hydrogen) atoms. The maximum absolute atomic E-state index is 11.9. The van der Waals surface area contributed by atoms with Crippen molar-refractivity contribution in [3.8, 4) is 0 Å². The molecule has 1 aromatic carbocycles. The average molecular weight is 228 g/mol. The van der Waals surface area contributed by atoms with Gasteiger partial charge in [-0.3, -0.25) is 4.79 Å². The van der Waals surface area contributed by atoms with Gasteiger partial charge in [-0.25, -0.2) is 0 Å². The maximum atomic E-state index is 11.9. The van der Waals surface area contributed by atoms with E-state index in [1.165, 1.54) is 5.56 Å². The second kappa shape index (κ2) is 4.45. The Hall–Kier alpha value is -2.03. The monoisotopic (exact) mass is 228 g/mol. The van der Waals surface area contributed by atoms with Crippen LogP contribution in [0.4, 0.5) is 0 Å². The summed E-state index contributed by atoms with van der Waals surface area (Å²) in [6.45, 7) is 6.11. The third-order valence-corrected chi connectivity index (χ3v) is 2.84. The lowest BCUT2D eigenvalue weighted by Gasteiger charge is -2.04. The summed E-state index contributed by atoms with van der Waals surface area (Å²) >= 11 is 0. The lowest BCUT2D eigenvalue weighted by atomic mass is 10.2. The molecule has 3 heteroatoms. The van der Waals surface area contributed by atoms with E-state index in [1.807, 2.05) is 36.7 Å². The van der Waals surface area contributed by atoms with E-state index >= 15 is 0 Å². The van der Waals surface area contributed by atoms with Crippen molar-refractivity contribution in [3.05, 3.63) is 48.2 Å². The molecule has 0 aliphatic heterocycles. The van der Waals surface area contributed by atoms with Crippen molar-refractivity contribution < 1.29 is 4.79 Å². The van der Waals surface area contributed by atoms with Gasteiger partial charge in [0.2, 0.25) is 0 Å². The van der Waals surface area contributed by atoms with Crippen LogP contribution in [0.5, 0.6) is 0 Å². The van der Waals surface area contributed by atoms with Gasteiger partial charge in [-0.1, -0.05) is 17.7 Å². The SMILES string of the molecule is C=CCNC(=O)c1cc2cc(C)ccc2n1C. The minimum Gasteiger partial charge on any atom is -0.347 e. The van der Waals surface area contributed by atoms with Crippen molar-refractivity contribution in [1.82, 2.24) is 9.88 Å². The van der Waals surface area contributed by atoms with E-state index in [-0.39, 0.29) is 5.91 Å². The number of nitrogens with one attached hydrogen (secondary N) is 1. The topological polar surface area (TPSA) is 34.0 Å². The van der Waals surface area contributed by atoms with E-state index in [1.54, 1.807) is 6.08 Å². The highest BCUT2D eigenvalue weighted by molar-refractivity contribution is 5.98. The van der Waals surface area contributed by atoms with Gasteiger partial charge < -0.3 is 9.88 Å². The Balaban J connectivity index is 2.44. The molecular formula is C14H16N2O. The van der Waals surface area contributed by atoms with E-state index in [0.717, 1.165) is 10.9 Å². The fourth-order valence-corrected chi connectivity index (χ4v) is 1.94. The minimum absolute atomic E-state index is 0.0683. The van der Waals surface area contributed by atoms with Crippen LogP contribution in [0, 0.1) is 6.92 Å². The molecule has 0 saturated heterocycles. The Morgan fingerprint density at radius 3 is 2.94 bits per heavy atom. The molecular weight excluding hydrogens is 212 g/mol. The largest absolute Gasteiger partial charge is 0.347 e. The summed E-state index contributed by atoms with van der Waals surface area (Å²) in [5.41, 5.74) is 2.94. The summed E-state index contributed by atoms with van der Waals surface area (Å²) in [5.74, 6) is -0.0683. The highest BCUT2D eigenvalue weighted by atomic mass is 16.1. The van der Waals surface area contributed by atoms with Crippen molar-refractivity contribution in [3.63, 3.8) is 0 Å². The van der Waals surface area contributed by atoms with E-state index in [9.17, 15) is 4.79 Å². The smallest absolute Gasteiger partial charge is 0.268 e. The number of rotatable bonds is 3. The molecule has 0 bridgehead atoms. The fourth-order valence-electron chi connectivity index (χ4n) is 1.94. The van der Waals surface area contributed by atoms with Crippen LogP contribution >= 0.6 is 0 Å². The molecule has 2 aromatic rings. The molecule has 0 fully saturated rings. The van der Waals surface area contributed by atoms with Gasteiger partial charge in [-0.2, -0.15) is 0 Å². The minimum atomic E-state index is -0.0683. The summed E-state index contributed by atoms with van der Waals surface area (Å²) in [4.78, 5) is 11.9. The van der Waals surface area contributed by atoms with Crippen LogP contribution in [0.25, 0.3) is 10.9 Å². The molecule has 1 heterocycles. The highest BCUT2D eigenvalue weighted by Crippen LogP contribution is 2.19. The second-order valence-corrected chi connectivity index (χ2v) is 4.15. The van der Waals surface area contributed by atoms with E-state index in [4.69, 9.17) is 0 Å². The van der Waals surface area contributed by atoms with Crippen LogP contribution < -0.4 is 5.32 Å². The quantitative estimate of drug-likeness (QED) is 0.804. The third kappa shape index (κ3) is 2.09. The predicted octanol–water partition coefficient (Wildman–Crippen LogP) is 2.40. The number of aromatic nitrogens is 1. The molecule has 0 saturated carbocycles. The molecule has 0 unspecified atom stereocenters. The van der Waals surface area contributed by atoms with Gasteiger partial charge in [0, 0.05) is 24.5 Å². The number of aryl methyl sites for hydroxylation is 2. The van der Waals surface area contributed by atoms with Crippen LogP contribution in [0.1, 0.15) is 16.1 Å². The lowest BCUT2D eigenvalue weighted by Crippen LogP contribution is -2.25. The number of carbonyl (C=O) groups is 1. The number of fused-ring (bicyclic) bond motifs is 1. The van der Waals surface area contributed by atoms with Crippen LogP contribution in [0.2, 0.25) is 0 Å². The zero-order chi connectivity index (χ0) is 12.4. The lowest BCUT2D eigenvalue weighted by molar-refractivity contribution is 0.0950. The van der Waals surface area contributed by atoms with E-state index < -0.39 is 0 Å². The molecule has 1 N–H and O–H groups in total.